The van der Waals surface area contributed by atoms with Crippen molar-refractivity contribution in [1.82, 2.24) is 15.2 Å². The molecule has 0 aliphatic heterocycles. The lowest BCUT2D eigenvalue weighted by Gasteiger charge is -2.14. The van der Waals surface area contributed by atoms with E-state index in [1.165, 1.54) is 12.8 Å². The van der Waals surface area contributed by atoms with Crippen LogP contribution < -0.4 is 10.6 Å². The van der Waals surface area contributed by atoms with E-state index in [1.54, 1.807) is 0 Å². The number of nitrogens with one attached hydrogen (secondary N) is 2. The van der Waals surface area contributed by atoms with Crippen LogP contribution in [0.3, 0.4) is 0 Å². The van der Waals surface area contributed by atoms with Gasteiger partial charge in [0.25, 0.3) is 0 Å². The van der Waals surface area contributed by atoms with Crippen LogP contribution in [0.25, 0.3) is 0 Å². The summed E-state index contributed by atoms with van der Waals surface area (Å²) in [6.45, 7) is 10.2. The molecule has 0 saturated carbocycles. The molecule has 4 heteroatoms. The first kappa shape index (κ1) is 15.6. The molecule has 0 fully saturated rings. The van der Waals surface area contributed by atoms with Crippen LogP contribution in [0, 0.1) is 5.92 Å². The minimum Gasteiger partial charge on any atom is -0.357 e. The van der Waals surface area contributed by atoms with Gasteiger partial charge in [0.05, 0.1) is 0 Å². The van der Waals surface area contributed by atoms with Gasteiger partial charge in [-0.1, -0.05) is 26.7 Å². The molecule has 108 valence electrons. The second-order valence-electron chi connectivity index (χ2n) is 4.75. The highest BCUT2D eigenvalue weighted by Gasteiger charge is 2.03. The maximum atomic E-state index is 4.66. The molecule has 4 nitrogen and oxygen atoms in total. The van der Waals surface area contributed by atoms with Crippen LogP contribution in [0.2, 0.25) is 0 Å². The fraction of sp³-hybridized carbons (Fsp3) is 0.667. The summed E-state index contributed by atoms with van der Waals surface area (Å²) in [6, 6.07) is 4.10. The summed E-state index contributed by atoms with van der Waals surface area (Å²) in [6.07, 6.45) is 6.55. The van der Waals surface area contributed by atoms with Crippen molar-refractivity contribution < 1.29 is 0 Å². The number of rotatable bonds is 8. The number of guanidine groups is 1. The van der Waals surface area contributed by atoms with E-state index < -0.39 is 0 Å². The molecular formula is C15H28N4. The third kappa shape index (κ3) is 6.32. The number of aromatic nitrogens is 1. The van der Waals surface area contributed by atoms with Crippen molar-refractivity contribution in [1.29, 1.82) is 0 Å². The Morgan fingerprint density at radius 1 is 1.11 bits per heavy atom. The lowest BCUT2D eigenvalue weighted by Crippen LogP contribution is -2.39. The largest absolute Gasteiger partial charge is 0.357 e. The van der Waals surface area contributed by atoms with Crippen LogP contribution in [0.1, 0.15) is 33.6 Å². The Kier molecular flexibility index (Phi) is 7.78. The van der Waals surface area contributed by atoms with E-state index in [1.807, 2.05) is 12.1 Å². The molecule has 0 saturated heterocycles. The van der Waals surface area contributed by atoms with Crippen molar-refractivity contribution in [3.8, 4) is 0 Å². The normalized spacial score (nSPS) is 11.9. The number of hydrogen-bond donors (Lipinski definition) is 2. The topological polar surface area (TPSA) is 41.4 Å². The standard InChI is InChI=1S/C15H28N4/c1-4-14(5-2)13-18-15(16-6-3)17-9-12-19-10-7-8-11-19/h7-8,10-11,14H,4-6,9,12-13H2,1-3H3,(H2,16,17,18). The van der Waals surface area contributed by atoms with E-state index in [-0.39, 0.29) is 0 Å². The number of nitrogens with zero attached hydrogens (tertiary/aromatic N) is 2. The highest BCUT2D eigenvalue weighted by molar-refractivity contribution is 5.79. The highest BCUT2D eigenvalue weighted by atomic mass is 15.2. The van der Waals surface area contributed by atoms with Gasteiger partial charge >= 0.3 is 0 Å². The maximum absolute atomic E-state index is 4.66. The van der Waals surface area contributed by atoms with Crippen molar-refractivity contribution in [3.05, 3.63) is 24.5 Å². The molecule has 19 heavy (non-hydrogen) atoms. The summed E-state index contributed by atoms with van der Waals surface area (Å²) in [5.74, 6) is 1.63. The summed E-state index contributed by atoms with van der Waals surface area (Å²) in [5.41, 5.74) is 0. The predicted molar refractivity (Wildman–Crippen MR) is 82.5 cm³/mol. The van der Waals surface area contributed by atoms with Crippen LogP contribution in [-0.4, -0.2) is 30.2 Å². The van der Waals surface area contributed by atoms with Crippen LogP contribution in [-0.2, 0) is 6.54 Å². The summed E-state index contributed by atoms with van der Waals surface area (Å²) >= 11 is 0. The van der Waals surface area contributed by atoms with Crippen LogP contribution in [0.5, 0.6) is 0 Å². The van der Waals surface area contributed by atoms with Gasteiger partial charge in [-0.3, -0.25) is 4.99 Å². The molecule has 1 heterocycles. The molecule has 0 unspecified atom stereocenters. The first-order valence-corrected chi connectivity index (χ1v) is 7.43. The Hall–Kier alpha value is -1.45. The number of hydrogen-bond acceptors (Lipinski definition) is 1. The van der Waals surface area contributed by atoms with Gasteiger partial charge in [-0.25, -0.2) is 0 Å². The molecule has 2 N–H and O–H groups in total. The molecule has 1 aromatic heterocycles. The van der Waals surface area contributed by atoms with Crippen LogP contribution in [0.15, 0.2) is 29.5 Å². The molecule has 0 amide bonds. The minimum absolute atomic E-state index is 0.694. The fourth-order valence-electron chi connectivity index (χ4n) is 1.93. The minimum atomic E-state index is 0.694. The third-order valence-electron chi connectivity index (χ3n) is 3.34. The van der Waals surface area contributed by atoms with Gasteiger partial charge in [0, 0.05) is 38.6 Å². The van der Waals surface area contributed by atoms with E-state index in [0.29, 0.717) is 5.92 Å². The van der Waals surface area contributed by atoms with Crippen molar-refractivity contribution in [2.75, 3.05) is 19.6 Å². The second-order valence-corrected chi connectivity index (χ2v) is 4.75. The molecule has 1 aromatic rings. The molecule has 1 rings (SSSR count). The summed E-state index contributed by atoms with van der Waals surface area (Å²) in [7, 11) is 0. The summed E-state index contributed by atoms with van der Waals surface area (Å²) in [4.78, 5) is 4.66. The lowest BCUT2D eigenvalue weighted by atomic mass is 10.0. The Morgan fingerprint density at radius 2 is 1.79 bits per heavy atom. The zero-order chi connectivity index (χ0) is 13.9. The van der Waals surface area contributed by atoms with E-state index >= 15 is 0 Å². The predicted octanol–water partition coefficient (Wildman–Crippen LogP) is 2.48. The first-order chi connectivity index (χ1) is 9.30. The third-order valence-corrected chi connectivity index (χ3v) is 3.34. The van der Waals surface area contributed by atoms with Crippen molar-refractivity contribution in [2.24, 2.45) is 10.9 Å². The summed E-state index contributed by atoms with van der Waals surface area (Å²) < 4.78 is 2.16. The maximum Gasteiger partial charge on any atom is 0.191 e. The molecule has 0 bridgehead atoms. The van der Waals surface area contributed by atoms with Crippen molar-refractivity contribution in [3.63, 3.8) is 0 Å². The zero-order valence-corrected chi connectivity index (χ0v) is 12.5. The van der Waals surface area contributed by atoms with Crippen LogP contribution in [0.4, 0.5) is 0 Å². The summed E-state index contributed by atoms with van der Waals surface area (Å²) in [5, 5.41) is 6.68. The molecular weight excluding hydrogens is 236 g/mol. The van der Waals surface area contributed by atoms with Gasteiger partial charge in [0.2, 0.25) is 0 Å². The van der Waals surface area contributed by atoms with Gasteiger partial charge < -0.3 is 15.2 Å². The Labute approximate surface area is 117 Å². The Bertz CT molecular complexity index is 339. The zero-order valence-electron chi connectivity index (χ0n) is 12.5. The van der Waals surface area contributed by atoms with Gasteiger partial charge in [0.1, 0.15) is 0 Å². The average molecular weight is 264 g/mol. The first-order valence-electron chi connectivity index (χ1n) is 7.43. The van der Waals surface area contributed by atoms with E-state index in [9.17, 15) is 0 Å². The SMILES string of the molecule is CCNC(=NCC(CC)CC)NCCn1cccc1. The molecule has 0 atom stereocenters. The lowest BCUT2D eigenvalue weighted by molar-refractivity contribution is 0.503. The number of aliphatic imine (C=N–C) groups is 1. The van der Waals surface area contributed by atoms with Crippen molar-refractivity contribution in [2.45, 2.75) is 40.2 Å². The Morgan fingerprint density at radius 3 is 2.37 bits per heavy atom. The monoisotopic (exact) mass is 264 g/mol. The van der Waals surface area contributed by atoms with Gasteiger partial charge in [0.15, 0.2) is 5.96 Å². The highest BCUT2D eigenvalue weighted by Crippen LogP contribution is 2.06. The van der Waals surface area contributed by atoms with E-state index in [2.05, 4.69) is 53.4 Å². The molecule has 0 radical (unpaired) electrons. The molecule has 0 spiro atoms. The van der Waals surface area contributed by atoms with E-state index in [4.69, 9.17) is 0 Å². The molecule has 0 aromatic carbocycles. The van der Waals surface area contributed by atoms with Gasteiger partial charge in [-0.15, -0.1) is 0 Å². The van der Waals surface area contributed by atoms with Gasteiger partial charge in [-0.05, 0) is 25.0 Å². The fourth-order valence-corrected chi connectivity index (χ4v) is 1.93. The van der Waals surface area contributed by atoms with Gasteiger partial charge in [-0.2, -0.15) is 0 Å². The quantitative estimate of drug-likeness (QED) is 0.559. The van der Waals surface area contributed by atoms with Crippen LogP contribution >= 0.6 is 0 Å². The second kappa shape index (κ2) is 9.48. The molecule has 0 aliphatic rings. The van der Waals surface area contributed by atoms with E-state index in [0.717, 1.165) is 32.1 Å². The smallest absolute Gasteiger partial charge is 0.191 e. The Balaban J connectivity index is 2.36. The van der Waals surface area contributed by atoms with Crippen molar-refractivity contribution >= 4 is 5.96 Å². The molecule has 0 aliphatic carbocycles. The average Bonchev–Trinajstić information content (AvgIpc) is 2.93.